The second-order valence-electron chi connectivity index (χ2n) is 9.35. The van der Waals surface area contributed by atoms with Gasteiger partial charge in [-0.25, -0.2) is 0 Å². The fraction of sp³-hybridized carbons (Fsp3) is 0.441. The summed E-state index contributed by atoms with van der Waals surface area (Å²) < 4.78 is 0. The zero-order valence-electron chi connectivity index (χ0n) is 24.2. The average molecular weight is 489 g/mol. The van der Waals surface area contributed by atoms with Gasteiger partial charge in [0.05, 0.1) is 0 Å². The van der Waals surface area contributed by atoms with E-state index >= 15 is 0 Å². The molecule has 2 aromatic carbocycles. The normalized spacial score (nSPS) is 12.5. The maximum Gasteiger partial charge on any atom is 0.120 e. The molecule has 0 aromatic heterocycles. The average Bonchev–Trinajstić information content (AvgIpc) is 3.42. The van der Waals surface area contributed by atoms with Crippen molar-refractivity contribution in [1.82, 2.24) is 5.32 Å². The Morgan fingerprint density at radius 1 is 1.00 bits per heavy atom. The molecular formula is C34H52N2. The van der Waals surface area contributed by atoms with Crippen LogP contribution in [0.15, 0.2) is 84.4 Å². The highest BCUT2D eigenvalue weighted by Crippen LogP contribution is 2.23. The molecule has 3 rings (SSSR count). The summed E-state index contributed by atoms with van der Waals surface area (Å²) in [5, 5.41) is 3.42. The molecule has 2 heteroatoms. The SMILES string of the molecule is C=CC.C=Cc1ccc(C)c(CC)c1.CCc1ccccc1.CN=C(C=C(C)C)NCC1CCCC1. The first-order valence-corrected chi connectivity index (χ1v) is 13.5. The summed E-state index contributed by atoms with van der Waals surface area (Å²) in [6, 6.07) is 16.9. The van der Waals surface area contributed by atoms with E-state index in [4.69, 9.17) is 0 Å². The fourth-order valence-corrected chi connectivity index (χ4v) is 3.84. The lowest BCUT2D eigenvalue weighted by atomic mass is 10.0. The van der Waals surface area contributed by atoms with Crippen LogP contribution in [0.3, 0.4) is 0 Å². The van der Waals surface area contributed by atoms with Crippen LogP contribution < -0.4 is 5.32 Å². The van der Waals surface area contributed by atoms with Crippen molar-refractivity contribution in [2.45, 2.75) is 80.1 Å². The fourth-order valence-electron chi connectivity index (χ4n) is 3.84. The van der Waals surface area contributed by atoms with Crippen LogP contribution in [0, 0.1) is 12.8 Å². The predicted molar refractivity (Wildman–Crippen MR) is 165 cm³/mol. The first kappa shape index (κ1) is 33.1. The Hall–Kier alpha value is -2.87. The van der Waals surface area contributed by atoms with Crippen LogP contribution in [0.4, 0.5) is 0 Å². The van der Waals surface area contributed by atoms with Gasteiger partial charge in [-0.05, 0) is 87.6 Å². The lowest BCUT2D eigenvalue weighted by Gasteiger charge is -2.11. The quantitative estimate of drug-likeness (QED) is 0.244. The molecule has 0 radical (unpaired) electrons. The molecule has 1 aliphatic rings. The first-order chi connectivity index (χ1) is 17.3. The van der Waals surface area contributed by atoms with Crippen molar-refractivity contribution in [3.8, 4) is 0 Å². The Labute approximate surface area is 223 Å². The Balaban J connectivity index is 0.000000498. The minimum atomic E-state index is 0.873. The van der Waals surface area contributed by atoms with Gasteiger partial charge in [0.2, 0.25) is 0 Å². The number of aryl methyl sites for hydroxylation is 3. The minimum absolute atomic E-state index is 0.873. The Bertz CT molecular complexity index is 896. The maximum absolute atomic E-state index is 4.22. The lowest BCUT2D eigenvalue weighted by molar-refractivity contribution is 0.536. The van der Waals surface area contributed by atoms with Gasteiger partial charge in [-0.1, -0.05) is 99.5 Å². The molecule has 0 spiro atoms. The van der Waals surface area contributed by atoms with Crippen LogP contribution in [-0.4, -0.2) is 19.4 Å². The summed E-state index contributed by atoms with van der Waals surface area (Å²) in [7, 11) is 1.84. The van der Waals surface area contributed by atoms with E-state index in [1.54, 1.807) is 6.08 Å². The molecule has 2 aromatic rings. The lowest BCUT2D eigenvalue weighted by Crippen LogP contribution is -2.27. The first-order valence-electron chi connectivity index (χ1n) is 13.5. The molecule has 0 unspecified atom stereocenters. The predicted octanol–water partition coefficient (Wildman–Crippen LogP) is 9.40. The third-order valence-electron chi connectivity index (χ3n) is 5.95. The minimum Gasteiger partial charge on any atom is -0.370 e. The number of aliphatic imine (C=N–C) groups is 1. The molecular weight excluding hydrogens is 436 g/mol. The Kier molecular flexibility index (Phi) is 19.7. The summed E-state index contributed by atoms with van der Waals surface area (Å²) >= 11 is 0. The molecule has 0 saturated heterocycles. The number of nitrogens with one attached hydrogen (secondary N) is 1. The van der Waals surface area contributed by atoms with Gasteiger partial charge in [-0.15, -0.1) is 6.58 Å². The molecule has 198 valence electrons. The number of benzene rings is 2. The summed E-state index contributed by atoms with van der Waals surface area (Å²) in [6.45, 7) is 20.8. The van der Waals surface area contributed by atoms with Crippen molar-refractivity contribution in [2.24, 2.45) is 10.9 Å². The van der Waals surface area contributed by atoms with Crippen molar-refractivity contribution >= 4 is 11.9 Å². The van der Waals surface area contributed by atoms with Crippen LogP contribution in [0.25, 0.3) is 6.08 Å². The third-order valence-corrected chi connectivity index (χ3v) is 5.95. The van der Waals surface area contributed by atoms with Gasteiger partial charge < -0.3 is 5.32 Å². The monoisotopic (exact) mass is 488 g/mol. The molecule has 0 amide bonds. The molecule has 0 atom stereocenters. The standard InChI is InChI=1S/C12H22N2.C11H14.C8H10.C3H6/c1-10(2)8-12(13-3)14-9-11-6-4-5-7-11;1-4-10-7-6-9(3)11(5-2)8-10;1-2-8-6-4-3-5-7-8;1-3-2/h8,11H,4-7,9H2,1-3H3,(H,13,14);4,6-8H,1,5H2,2-3H3;3-7H,2H2,1H3;3H,1H2,2H3. The van der Waals surface area contributed by atoms with E-state index in [1.165, 1.54) is 53.5 Å². The molecule has 36 heavy (non-hydrogen) atoms. The van der Waals surface area contributed by atoms with Crippen molar-refractivity contribution < 1.29 is 0 Å². The van der Waals surface area contributed by atoms with Crippen LogP contribution >= 0.6 is 0 Å². The van der Waals surface area contributed by atoms with Crippen molar-refractivity contribution in [3.63, 3.8) is 0 Å². The third kappa shape index (κ3) is 15.9. The second-order valence-corrected chi connectivity index (χ2v) is 9.35. The van der Waals surface area contributed by atoms with E-state index in [0.717, 1.165) is 31.1 Å². The Morgan fingerprint density at radius 2 is 1.61 bits per heavy atom. The molecule has 0 aliphatic heterocycles. The van der Waals surface area contributed by atoms with Crippen molar-refractivity contribution in [2.75, 3.05) is 13.6 Å². The van der Waals surface area contributed by atoms with Crippen LogP contribution in [0.2, 0.25) is 0 Å². The van der Waals surface area contributed by atoms with E-state index in [-0.39, 0.29) is 0 Å². The highest BCUT2D eigenvalue weighted by Gasteiger charge is 2.14. The number of hydrogen-bond acceptors (Lipinski definition) is 1. The summed E-state index contributed by atoms with van der Waals surface area (Å²) in [5.74, 6) is 1.90. The highest BCUT2D eigenvalue weighted by atomic mass is 15.0. The van der Waals surface area contributed by atoms with Crippen molar-refractivity contribution in [3.05, 3.63) is 102 Å². The maximum atomic E-state index is 4.22. The second kappa shape index (κ2) is 21.4. The molecule has 1 N–H and O–H groups in total. The number of nitrogens with zero attached hydrogens (tertiary/aromatic N) is 1. The largest absolute Gasteiger partial charge is 0.370 e. The highest BCUT2D eigenvalue weighted by molar-refractivity contribution is 5.93. The molecule has 1 fully saturated rings. The summed E-state index contributed by atoms with van der Waals surface area (Å²) in [6.07, 6.45) is 13.6. The van der Waals surface area contributed by atoms with E-state index in [1.807, 2.05) is 26.1 Å². The number of amidine groups is 1. The zero-order valence-corrected chi connectivity index (χ0v) is 24.2. The van der Waals surface area contributed by atoms with Gasteiger partial charge in [0, 0.05) is 13.6 Å². The summed E-state index contributed by atoms with van der Waals surface area (Å²) in [5.41, 5.74) is 6.71. The van der Waals surface area contributed by atoms with Gasteiger partial charge in [0.1, 0.15) is 5.84 Å². The van der Waals surface area contributed by atoms with Crippen LogP contribution in [0.1, 0.15) is 82.6 Å². The molecule has 1 saturated carbocycles. The van der Waals surface area contributed by atoms with Gasteiger partial charge in [-0.2, -0.15) is 0 Å². The van der Waals surface area contributed by atoms with Gasteiger partial charge in [-0.3, -0.25) is 4.99 Å². The van der Waals surface area contributed by atoms with Crippen molar-refractivity contribution in [1.29, 1.82) is 0 Å². The van der Waals surface area contributed by atoms with Gasteiger partial charge in [0.25, 0.3) is 0 Å². The number of rotatable bonds is 6. The number of allylic oxidation sites excluding steroid dienone is 2. The van der Waals surface area contributed by atoms with Crippen LogP contribution in [0.5, 0.6) is 0 Å². The zero-order chi connectivity index (χ0) is 27.2. The number of hydrogen-bond donors (Lipinski definition) is 1. The van der Waals surface area contributed by atoms with Gasteiger partial charge in [0.15, 0.2) is 0 Å². The molecule has 0 heterocycles. The topological polar surface area (TPSA) is 24.4 Å². The van der Waals surface area contributed by atoms with E-state index in [2.05, 4.69) is 107 Å². The summed E-state index contributed by atoms with van der Waals surface area (Å²) in [4.78, 5) is 4.22. The van der Waals surface area contributed by atoms with Crippen LogP contribution in [-0.2, 0) is 12.8 Å². The van der Waals surface area contributed by atoms with E-state index in [0.29, 0.717) is 0 Å². The van der Waals surface area contributed by atoms with Gasteiger partial charge >= 0.3 is 0 Å². The van der Waals surface area contributed by atoms with E-state index in [9.17, 15) is 0 Å². The molecule has 0 bridgehead atoms. The smallest absolute Gasteiger partial charge is 0.120 e. The molecule has 1 aliphatic carbocycles. The van der Waals surface area contributed by atoms with E-state index < -0.39 is 0 Å². The molecule has 2 nitrogen and oxygen atoms in total. The Morgan fingerprint density at radius 3 is 2.06 bits per heavy atom.